The number of aromatic nitrogens is 2. The Hall–Kier alpha value is -2.40. The van der Waals surface area contributed by atoms with Crippen molar-refractivity contribution in [3.63, 3.8) is 0 Å². The van der Waals surface area contributed by atoms with Crippen molar-refractivity contribution in [2.75, 3.05) is 19.7 Å². The molecule has 1 aliphatic rings. The number of nitrogens with zero attached hydrogens (tertiary/aromatic N) is 3. The van der Waals surface area contributed by atoms with Crippen molar-refractivity contribution in [3.05, 3.63) is 53.6 Å². The van der Waals surface area contributed by atoms with Crippen molar-refractivity contribution in [2.45, 2.75) is 68.0 Å². The van der Waals surface area contributed by atoms with Gasteiger partial charge in [0.25, 0.3) is 0 Å². The maximum Gasteiger partial charge on any atom is 0.310 e. The van der Waals surface area contributed by atoms with Gasteiger partial charge in [0.15, 0.2) is 5.16 Å². The fourth-order valence-corrected chi connectivity index (χ4v) is 6.89. The van der Waals surface area contributed by atoms with E-state index in [-0.39, 0.29) is 11.0 Å². The highest BCUT2D eigenvalue weighted by Gasteiger charge is 2.25. The van der Waals surface area contributed by atoms with Crippen LogP contribution in [-0.2, 0) is 31.9 Å². The molecular weight excluding hydrogens is 498 g/mol. The lowest BCUT2D eigenvalue weighted by Crippen LogP contribution is -2.30. The highest BCUT2D eigenvalue weighted by atomic mass is 32.2. The molecule has 36 heavy (non-hydrogen) atoms. The van der Waals surface area contributed by atoms with Crippen LogP contribution in [0.25, 0.3) is 11.0 Å². The maximum absolute atomic E-state index is 13.1. The first-order valence-electron chi connectivity index (χ1n) is 12.3. The van der Waals surface area contributed by atoms with Crippen LogP contribution < -0.4 is 0 Å². The summed E-state index contributed by atoms with van der Waals surface area (Å²) in [6.45, 7) is 7.58. The van der Waals surface area contributed by atoms with Crippen LogP contribution in [0.4, 0.5) is 0 Å². The van der Waals surface area contributed by atoms with Gasteiger partial charge in [-0.3, -0.25) is 4.79 Å². The van der Waals surface area contributed by atoms with E-state index in [1.165, 1.54) is 4.31 Å². The number of carboxylic acid groups (broad SMARTS) is 1. The van der Waals surface area contributed by atoms with Crippen LogP contribution in [0.15, 0.2) is 52.5 Å². The van der Waals surface area contributed by atoms with Gasteiger partial charge < -0.3 is 14.4 Å². The second kappa shape index (κ2) is 11.3. The van der Waals surface area contributed by atoms with Crippen LogP contribution in [0, 0.1) is 0 Å². The first kappa shape index (κ1) is 26.7. The monoisotopic (exact) mass is 531 g/mol. The molecule has 194 valence electrons. The molecule has 1 aromatic heterocycles. The predicted molar refractivity (Wildman–Crippen MR) is 141 cm³/mol. The highest BCUT2D eigenvalue weighted by molar-refractivity contribution is 7.98. The van der Waals surface area contributed by atoms with E-state index in [9.17, 15) is 18.3 Å². The minimum atomic E-state index is -3.58. The van der Waals surface area contributed by atoms with E-state index in [0.717, 1.165) is 41.2 Å². The maximum atomic E-state index is 13.1. The van der Waals surface area contributed by atoms with E-state index in [1.54, 1.807) is 30.8 Å². The van der Waals surface area contributed by atoms with Crippen molar-refractivity contribution in [3.8, 4) is 0 Å². The van der Waals surface area contributed by atoms with E-state index in [2.05, 4.69) is 4.57 Å². The van der Waals surface area contributed by atoms with Crippen molar-refractivity contribution in [1.29, 1.82) is 0 Å². The Labute approximate surface area is 216 Å². The van der Waals surface area contributed by atoms with Crippen LogP contribution in [0.3, 0.4) is 0 Å². The average molecular weight is 532 g/mol. The lowest BCUT2D eigenvalue weighted by Gasteiger charge is -2.18. The Morgan fingerprint density at radius 2 is 1.94 bits per heavy atom. The lowest BCUT2D eigenvalue weighted by atomic mass is 10.0. The molecule has 0 saturated carbocycles. The number of rotatable bonds is 11. The van der Waals surface area contributed by atoms with Crippen LogP contribution in [0.1, 0.15) is 50.7 Å². The normalized spacial score (nSPS) is 17.2. The number of thioether (sulfide) groups is 1. The van der Waals surface area contributed by atoms with E-state index in [4.69, 9.17) is 9.72 Å². The van der Waals surface area contributed by atoms with Crippen molar-refractivity contribution >= 4 is 38.8 Å². The molecule has 0 radical (unpaired) electrons. The van der Waals surface area contributed by atoms with E-state index < -0.39 is 21.9 Å². The Bertz CT molecular complexity index is 1310. The molecule has 2 heterocycles. The van der Waals surface area contributed by atoms with Gasteiger partial charge in [-0.1, -0.05) is 49.9 Å². The number of benzene rings is 2. The fraction of sp³-hybridized carbons (Fsp3) is 0.462. The number of carboxylic acids is 1. The number of hydrogen-bond donors (Lipinski definition) is 1. The van der Waals surface area contributed by atoms with Gasteiger partial charge in [-0.25, -0.2) is 13.4 Å². The Kier molecular flexibility index (Phi) is 8.39. The molecule has 1 saturated heterocycles. The van der Waals surface area contributed by atoms with Gasteiger partial charge >= 0.3 is 5.97 Å². The predicted octanol–water partition coefficient (Wildman–Crippen LogP) is 4.73. The Morgan fingerprint density at radius 1 is 1.22 bits per heavy atom. The van der Waals surface area contributed by atoms with Gasteiger partial charge in [0.1, 0.15) is 0 Å². The molecule has 0 spiro atoms. The number of sulfonamides is 1. The summed E-state index contributed by atoms with van der Waals surface area (Å²) in [5.41, 5.74) is 3.36. The van der Waals surface area contributed by atoms with Crippen molar-refractivity contribution in [1.82, 2.24) is 13.9 Å². The molecule has 4 rings (SSSR count). The van der Waals surface area contributed by atoms with Crippen LogP contribution in [0.2, 0.25) is 0 Å². The van der Waals surface area contributed by atoms with Gasteiger partial charge in [0, 0.05) is 25.4 Å². The summed E-state index contributed by atoms with van der Waals surface area (Å²) < 4.78 is 35.6. The van der Waals surface area contributed by atoms with Crippen LogP contribution in [-0.4, -0.2) is 59.2 Å². The summed E-state index contributed by atoms with van der Waals surface area (Å²) in [5.74, 6) is -0.743. The molecule has 0 unspecified atom stereocenters. The highest BCUT2D eigenvalue weighted by Crippen LogP contribution is 2.31. The van der Waals surface area contributed by atoms with E-state index in [1.807, 2.05) is 44.2 Å². The number of imidazole rings is 1. The largest absolute Gasteiger partial charge is 0.481 e. The molecule has 0 aliphatic carbocycles. The fourth-order valence-electron chi connectivity index (χ4n) is 4.43. The molecular formula is C26H33N3O5S2. The number of aliphatic carboxylic acids is 1. The van der Waals surface area contributed by atoms with Crippen molar-refractivity contribution in [2.24, 2.45) is 0 Å². The quantitative estimate of drug-likeness (QED) is 0.357. The second-order valence-electron chi connectivity index (χ2n) is 8.97. The smallest absolute Gasteiger partial charge is 0.310 e. The van der Waals surface area contributed by atoms with Gasteiger partial charge in [0.2, 0.25) is 10.0 Å². The molecule has 0 bridgehead atoms. The van der Waals surface area contributed by atoms with Gasteiger partial charge in [-0.2, -0.15) is 4.31 Å². The summed E-state index contributed by atoms with van der Waals surface area (Å²) in [4.78, 5) is 16.3. The zero-order chi connectivity index (χ0) is 25.9. The summed E-state index contributed by atoms with van der Waals surface area (Å²) in [6.07, 6.45) is 2.13. The Balaban J connectivity index is 1.63. The summed E-state index contributed by atoms with van der Waals surface area (Å²) in [7, 11) is -3.58. The number of fused-ring (bicyclic) bond motifs is 1. The van der Waals surface area contributed by atoms with Crippen molar-refractivity contribution < 1.29 is 23.1 Å². The molecule has 1 fully saturated rings. The number of ether oxygens (including phenoxy) is 1. The summed E-state index contributed by atoms with van der Waals surface area (Å²) in [6, 6.07) is 12.8. The third-order valence-corrected chi connectivity index (χ3v) is 9.75. The molecule has 8 nitrogen and oxygen atoms in total. The van der Waals surface area contributed by atoms with E-state index in [0.29, 0.717) is 30.9 Å². The van der Waals surface area contributed by atoms with Gasteiger partial charge in [0.05, 0.1) is 34.5 Å². The first-order valence-corrected chi connectivity index (χ1v) is 14.7. The van der Waals surface area contributed by atoms with Gasteiger partial charge in [-0.15, -0.1) is 0 Å². The number of carbonyl (C=O) groups is 1. The molecule has 10 heteroatoms. The number of hydrogen-bond acceptors (Lipinski definition) is 6. The lowest BCUT2D eigenvalue weighted by molar-refractivity contribution is -0.138. The summed E-state index contributed by atoms with van der Waals surface area (Å²) >= 11 is 1.58. The zero-order valence-corrected chi connectivity index (χ0v) is 22.5. The topological polar surface area (TPSA) is 102 Å². The third kappa shape index (κ3) is 5.61. The zero-order valence-electron chi connectivity index (χ0n) is 20.9. The molecule has 1 aliphatic heterocycles. The molecule has 2 atom stereocenters. The standard InChI is InChI=1S/C26H33N3O5S2/c1-4-28(5-2)36(32,33)22-12-13-24-23(15-22)27-26(29(24)16-21-7-6-14-34-21)35-17-19-8-10-20(11-9-19)18(3)25(30)31/h8-13,15,18,21H,4-7,14,16-17H2,1-3H3,(H,30,31)/t18-,21-/m1/s1. The molecule has 3 aromatic rings. The van der Waals surface area contributed by atoms with Gasteiger partial charge in [-0.05, 0) is 49.1 Å². The Morgan fingerprint density at radius 3 is 2.56 bits per heavy atom. The second-order valence-corrected chi connectivity index (χ2v) is 11.9. The average Bonchev–Trinajstić information content (AvgIpc) is 3.51. The molecule has 0 amide bonds. The minimum Gasteiger partial charge on any atom is -0.481 e. The van der Waals surface area contributed by atoms with Crippen LogP contribution in [0.5, 0.6) is 0 Å². The SMILES string of the molecule is CCN(CC)S(=O)(=O)c1ccc2c(c1)nc(SCc1ccc([C@@H](C)C(=O)O)cc1)n2C[C@H]1CCCO1. The third-order valence-electron chi connectivity index (χ3n) is 6.66. The van der Waals surface area contributed by atoms with Crippen LogP contribution >= 0.6 is 11.8 Å². The molecule has 1 N–H and O–H groups in total. The summed E-state index contributed by atoms with van der Waals surface area (Å²) in [5, 5.41) is 10.0. The molecule has 2 aromatic carbocycles. The van der Waals surface area contributed by atoms with E-state index >= 15 is 0 Å². The first-order chi connectivity index (χ1) is 17.2. The minimum absolute atomic E-state index is 0.109.